The molecular formula is C21H24FN5. The molecule has 0 spiro atoms. The Morgan fingerprint density at radius 1 is 1.00 bits per heavy atom. The lowest BCUT2D eigenvalue weighted by Crippen LogP contribution is -2.46. The molecule has 1 fully saturated rings. The molecule has 1 saturated heterocycles. The molecule has 27 heavy (non-hydrogen) atoms. The molecule has 1 aromatic carbocycles. The van der Waals surface area contributed by atoms with Gasteiger partial charge in [0.2, 0.25) is 0 Å². The number of anilines is 2. The predicted octanol–water partition coefficient (Wildman–Crippen LogP) is 3.52. The molecule has 1 aliphatic heterocycles. The number of fused-ring (bicyclic) bond motifs is 1. The molecule has 1 aliphatic rings. The first kappa shape index (κ1) is 17.7. The summed E-state index contributed by atoms with van der Waals surface area (Å²) in [6.45, 7) is 8.18. The lowest BCUT2D eigenvalue weighted by molar-refractivity contribution is 0.270. The highest BCUT2D eigenvalue weighted by molar-refractivity contribution is 5.90. The van der Waals surface area contributed by atoms with Gasteiger partial charge in [-0.25, -0.2) is 9.37 Å². The van der Waals surface area contributed by atoms with E-state index in [2.05, 4.69) is 38.1 Å². The molecule has 140 valence electrons. The number of nitrogens with one attached hydrogen (secondary N) is 1. The molecule has 0 amide bonds. The molecule has 0 atom stereocenters. The summed E-state index contributed by atoms with van der Waals surface area (Å²) in [5, 5.41) is 4.37. The fourth-order valence-electron chi connectivity index (χ4n) is 3.51. The minimum absolute atomic E-state index is 0.269. The van der Waals surface area contributed by atoms with Gasteiger partial charge in [0.1, 0.15) is 11.6 Å². The van der Waals surface area contributed by atoms with Crippen molar-refractivity contribution in [3.63, 3.8) is 0 Å². The van der Waals surface area contributed by atoms with Crippen molar-refractivity contribution in [3.8, 4) is 0 Å². The predicted molar refractivity (Wildman–Crippen MR) is 108 cm³/mol. The van der Waals surface area contributed by atoms with E-state index in [1.165, 1.54) is 17.7 Å². The Morgan fingerprint density at radius 3 is 2.63 bits per heavy atom. The van der Waals surface area contributed by atoms with E-state index in [1.807, 2.05) is 18.3 Å². The molecule has 0 bridgehead atoms. The van der Waals surface area contributed by atoms with Crippen molar-refractivity contribution in [2.24, 2.45) is 0 Å². The Balaban J connectivity index is 1.46. The number of rotatable bonds is 5. The molecule has 0 unspecified atom stereocenters. The van der Waals surface area contributed by atoms with Crippen molar-refractivity contribution < 1.29 is 4.39 Å². The fourth-order valence-corrected chi connectivity index (χ4v) is 3.51. The third kappa shape index (κ3) is 4.01. The van der Waals surface area contributed by atoms with Gasteiger partial charge in [-0.3, -0.25) is 4.98 Å². The number of pyridine rings is 2. The van der Waals surface area contributed by atoms with Gasteiger partial charge < -0.3 is 15.1 Å². The maximum atomic E-state index is 13.4. The number of hydrogen-bond acceptors (Lipinski definition) is 5. The van der Waals surface area contributed by atoms with Gasteiger partial charge in [0.25, 0.3) is 0 Å². The molecule has 0 aliphatic carbocycles. The van der Waals surface area contributed by atoms with Crippen LogP contribution in [-0.4, -0.2) is 47.6 Å². The highest BCUT2D eigenvalue weighted by Crippen LogP contribution is 2.23. The largest absolute Gasteiger partial charge is 0.380 e. The first-order valence-electron chi connectivity index (χ1n) is 9.43. The number of halogens is 1. The summed E-state index contributed by atoms with van der Waals surface area (Å²) < 4.78 is 13.4. The van der Waals surface area contributed by atoms with Gasteiger partial charge in [-0.05, 0) is 42.4 Å². The molecule has 6 heteroatoms. The van der Waals surface area contributed by atoms with E-state index in [0.29, 0.717) is 12.1 Å². The van der Waals surface area contributed by atoms with Crippen LogP contribution in [0.3, 0.4) is 0 Å². The second-order valence-electron chi connectivity index (χ2n) is 6.82. The zero-order valence-corrected chi connectivity index (χ0v) is 15.5. The van der Waals surface area contributed by atoms with Crippen LogP contribution in [0.4, 0.5) is 15.9 Å². The summed E-state index contributed by atoms with van der Waals surface area (Å²) in [5.41, 5.74) is 2.78. The third-order valence-corrected chi connectivity index (χ3v) is 5.14. The van der Waals surface area contributed by atoms with Gasteiger partial charge in [0, 0.05) is 62.3 Å². The van der Waals surface area contributed by atoms with Crippen molar-refractivity contribution in [1.82, 2.24) is 14.9 Å². The monoisotopic (exact) mass is 365 g/mol. The number of aromatic nitrogens is 2. The van der Waals surface area contributed by atoms with E-state index < -0.39 is 0 Å². The van der Waals surface area contributed by atoms with E-state index in [4.69, 9.17) is 0 Å². The average molecular weight is 365 g/mol. The normalized spacial score (nSPS) is 15.3. The number of nitrogens with zero attached hydrogens (tertiary/aromatic N) is 4. The Labute approximate surface area is 158 Å². The highest BCUT2D eigenvalue weighted by atomic mass is 19.1. The van der Waals surface area contributed by atoms with Gasteiger partial charge >= 0.3 is 0 Å². The van der Waals surface area contributed by atoms with Crippen molar-refractivity contribution in [2.75, 3.05) is 42.9 Å². The van der Waals surface area contributed by atoms with Crippen LogP contribution in [0.2, 0.25) is 0 Å². The minimum atomic E-state index is -0.269. The van der Waals surface area contributed by atoms with E-state index in [0.717, 1.165) is 49.6 Å². The quantitative estimate of drug-likeness (QED) is 0.749. The Kier molecular flexibility index (Phi) is 5.16. The zero-order chi connectivity index (χ0) is 18.6. The topological polar surface area (TPSA) is 44.3 Å². The van der Waals surface area contributed by atoms with E-state index in [-0.39, 0.29) is 5.82 Å². The summed E-state index contributed by atoms with van der Waals surface area (Å²) >= 11 is 0. The van der Waals surface area contributed by atoms with Crippen LogP contribution in [-0.2, 0) is 6.54 Å². The summed E-state index contributed by atoms with van der Waals surface area (Å²) in [4.78, 5) is 13.6. The second-order valence-corrected chi connectivity index (χ2v) is 6.82. The first-order chi connectivity index (χ1) is 13.2. The van der Waals surface area contributed by atoms with Crippen molar-refractivity contribution in [3.05, 3.63) is 60.2 Å². The summed E-state index contributed by atoms with van der Waals surface area (Å²) in [7, 11) is 0. The Morgan fingerprint density at radius 2 is 1.81 bits per heavy atom. The lowest BCUT2D eigenvalue weighted by atomic mass is 10.1. The molecular weight excluding hydrogens is 341 g/mol. The zero-order valence-electron chi connectivity index (χ0n) is 15.5. The number of piperazine rings is 1. The first-order valence-corrected chi connectivity index (χ1v) is 9.43. The maximum absolute atomic E-state index is 13.4. The standard InChI is InChI=1S/C21H24FN5/c1-2-26-9-11-27(12-10-26)21-13-16(5-7-24-21)15-25-19-6-8-23-20-14-17(22)3-4-18(19)20/h3-8,13-14H,2,9-12,15H2,1H3,(H,23,25). The van der Waals surface area contributed by atoms with Crippen LogP contribution in [0, 0.1) is 5.82 Å². The van der Waals surface area contributed by atoms with Crippen LogP contribution < -0.4 is 10.2 Å². The van der Waals surface area contributed by atoms with Crippen molar-refractivity contribution in [2.45, 2.75) is 13.5 Å². The number of likely N-dealkylation sites (N-methyl/N-ethyl adjacent to an activating group) is 1. The summed E-state index contributed by atoms with van der Waals surface area (Å²) in [6.07, 6.45) is 3.58. The maximum Gasteiger partial charge on any atom is 0.128 e. The highest BCUT2D eigenvalue weighted by Gasteiger charge is 2.16. The van der Waals surface area contributed by atoms with Crippen LogP contribution in [0.25, 0.3) is 10.9 Å². The smallest absolute Gasteiger partial charge is 0.128 e. The average Bonchev–Trinajstić information content (AvgIpc) is 2.72. The molecule has 4 rings (SSSR count). The molecule has 3 aromatic rings. The Bertz CT molecular complexity index is 921. The van der Waals surface area contributed by atoms with Crippen LogP contribution >= 0.6 is 0 Å². The van der Waals surface area contributed by atoms with Crippen molar-refractivity contribution in [1.29, 1.82) is 0 Å². The second kappa shape index (κ2) is 7.88. The number of benzene rings is 1. The van der Waals surface area contributed by atoms with Gasteiger partial charge in [-0.15, -0.1) is 0 Å². The van der Waals surface area contributed by atoms with E-state index in [1.54, 1.807) is 12.3 Å². The summed E-state index contributed by atoms with van der Waals surface area (Å²) in [5.74, 6) is 0.765. The van der Waals surface area contributed by atoms with Gasteiger partial charge in [-0.1, -0.05) is 6.92 Å². The molecule has 0 radical (unpaired) electrons. The van der Waals surface area contributed by atoms with E-state index in [9.17, 15) is 4.39 Å². The lowest BCUT2D eigenvalue weighted by Gasteiger charge is -2.34. The van der Waals surface area contributed by atoms with Crippen molar-refractivity contribution >= 4 is 22.4 Å². The van der Waals surface area contributed by atoms with Crippen LogP contribution in [0.5, 0.6) is 0 Å². The minimum Gasteiger partial charge on any atom is -0.380 e. The SMILES string of the molecule is CCN1CCN(c2cc(CNc3ccnc4cc(F)ccc34)ccn2)CC1. The van der Waals surface area contributed by atoms with Crippen LogP contribution in [0.15, 0.2) is 48.8 Å². The molecule has 0 saturated carbocycles. The molecule has 1 N–H and O–H groups in total. The fraction of sp³-hybridized carbons (Fsp3) is 0.333. The molecule has 2 aromatic heterocycles. The van der Waals surface area contributed by atoms with Crippen LogP contribution in [0.1, 0.15) is 12.5 Å². The third-order valence-electron chi connectivity index (χ3n) is 5.14. The molecule has 3 heterocycles. The number of hydrogen-bond donors (Lipinski definition) is 1. The van der Waals surface area contributed by atoms with E-state index >= 15 is 0 Å². The Hall–Kier alpha value is -2.73. The van der Waals surface area contributed by atoms with Gasteiger partial charge in [-0.2, -0.15) is 0 Å². The van der Waals surface area contributed by atoms with Gasteiger partial charge in [0.15, 0.2) is 0 Å². The molecule has 5 nitrogen and oxygen atoms in total. The summed E-state index contributed by atoms with van der Waals surface area (Å²) in [6, 6.07) is 10.8. The van der Waals surface area contributed by atoms with Gasteiger partial charge in [0.05, 0.1) is 5.52 Å².